The van der Waals surface area contributed by atoms with Gasteiger partial charge in [0.1, 0.15) is 0 Å². The van der Waals surface area contributed by atoms with Crippen molar-refractivity contribution in [2.75, 3.05) is 13.1 Å². The van der Waals surface area contributed by atoms with E-state index in [0.717, 1.165) is 25.9 Å². The first kappa shape index (κ1) is 11.2. The summed E-state index contributed by atoms with van der Waals surface area (Å²) in [6.07, 6.45) is 3.34. The second-order valence-corrected chi connectivity index (χ2v) is 3.56. The van der Waals surface area contributed by atoms with Crippen LogP contribution in [0.25, 0.3) is 0 Å². The summed E-state index contributed by atoms with van der Waals surface area (Å²) in [5.74, 6) is 0. The fraction of sp³-hybridized carbons (Fsp3) is 0.727. The Morgan fingerprint density at radius 3 is 2.79 bits per heavy atom. The quantitative estimate of drug-likeness (QED) is 0.698. The molecule has 1 rings (SSSR count). The van der Waals surface area contributed by atoms with Gasteiger partial charge in [-0.15, -0.1) is 0 Å². The number of aromatic nitrogens is 2. The molecule has 1 N–H and O–H groups in total. The third kappa shape index (κ3) is 3.14. The Kier molecular flexibility index (Phi) is 4.66. The normalized spacial score (nSPS) is 10.8. The van der Waals surface area contributed by atoms with E-state index in [1.807, 2.05) is 11.7 Å². The average Bonchev–Trinajstić information content (AvgIpc) is 2.54. The molecule has 1 aromatic heterocycles. The lowest BCUT2D eigenvalue weighted by Crippen LogP contribution is -2.15. The van der Waals surface area contributed by atoms with Crippen molar-refractivity contribution in [1.29, 1.82) is 0 Å². The first-order valence-electron chi connectivity index (χ1n) is 5.50. The van der Waals surface area contributed by atoms with Gasteiger partial charge in [-0.3, -0.25) is 4.68 Å². The van der Waals surface area contributed by atoms with Crippen molar-refractivity contribution in [2.45, 2.75) is 33.1 Å². The molecular weight excluding hydrogens is 174 g/mol. The summed E-state index contributed by atoms with van der Waals surface area (Å²) in [7, 11) is 2.03. The Hall–Kier alpha value is -0.830. The predicted octanol–water partition coefficient (Wildman–Crippen LogP) is 1.52. The summed E-state index contributed by atoms with van der Waals surface area (Å²) in [6, 6.07) is 2.21. The molecule has 0 spiro atoms. The zero-order valence-electron chi connectivity index (χ0n) is 9.51. The Morgan fingerprint density at radius 1 is 1.43 bits per heavy atom. The zero-order valence-corrected chi connectivity index (χ0v) is 9.51. The van der Waals surface area contributed by atoms with Crippen molar-refractivity contribution >= 4 is 0 Å². The molecule has 1 aromatic rings. The Bertz CT molecular complexity index is 265. The van der Waals surface area contributed by atoms with E-state index in [9.17, 15) is 0 Å². The number of hydrogen-bond donors (Lipinski definition) is 1. The monoisotopic (exact) mass is 195 g/mol. The third-order valence-corrected chi connectivity index (χ3v) is 2.43. The van der Waals surface area contributed by atoms with E-state index >= 15 is 0 Å². The molecule has 0 fully saturated rings. The predicted molar refractivity (Wildman–Crippen MR) is 59.5 cm³/mol. The molecule has 0 aliphatic carbocycles. The van der Waals surface area contributed by atoms with E-state index < -0.39 is 0 Å². The van der Waals surface area contributed by atoms with E-state index in [1.54, 1.807) is 0 Å². The van der Waals surface area contributed by atoms with Crippen LogP contribution in [0.5, 0.6) is 0 Å². The fourth-order valence-electron chi connectivity index (χ4n) is 1.55. The van der Waals surface area contributed by atoms with E-state index in [-0.39, 0.29) is 0 Å². The van der Waals surface area contributed by atoms with Gasteiger partial charge >= 0.3 is 0 Å². The van der Waals surface area contributed by atoms with Gasteiger partial charge in [0.15, 0.2) is 0 Å². The lowest BCUT2D eigenvalue weighted by Gasteiger charge is -2.01. The van der Waals surface area contributed by atoms with Gasteiger partial charge in [-0.25, -0.2) is 0 Å². The number of rotatable bonds is 6. The summed E-state index contributed by atoms with van der Waals surface area (Å²) >= 11 is 0. The Morgan fingerprint density at radius 2 is 2.21 bits per heavy atom. The van der Waals surface area contributed by atoms with Gasteiger partial charge < -0.3 is 5.32 Å². The van der Waals surface area contributed by atoms with E-state index in [2.05, 4.69) is 30.3 Å². The zero-order chi connectivity index (χ0) is 10.4. The molecule has 3 heteroatoms. The van der Waals surface area contributed by atoms with Crippen molar-refractivity contribution in [3.63, 3.8) is 0 Å². The van der Waals surface area contributed by atoms with Crippen LogP contribution in [0.4, 0.5) is 0 Å². The van der Waals surface area contributed by atoms with Crippen LogP contribution in [0.2, 0.25) is 0 Å². The van der Waals surface area contributed by atoms with Crippen molar-refractivity contribution in [2.24, 2.45) is 7.05 Å². The van der Waals surface area contributed by atoms with E-state index in [4.69, 9.17) is 0 Å². The summed E-state index contributed by atoms with van der Waals surface area (Å²) in [5.41, 5.74) is 2.55. The molecule has 0 saturated carbocycles. The smallest absolute Gasteiger partial charge is 0.0624 e. The van der Waals surface area contributed by atoms with Gasteiger partial charge in [-0.05, 0) is 38.4 Å². The van der Waals surface area contributed by atoms with Crippen LogP contribution >= 0.6 is 0 Å². The second-order valence-electron chi connectivity index (χ2n) is 3.56. The van der Waals surface area contributed by atoms with Gasteiger partial charge in [0.05, 0.1) is 5.69 Å². The van der Waals surface area contributed by atoms with Crippen LogP contribution in [-0.4, -0.2) is 22.9 Å². The topological polar surface area (TPSA) is 29.9 Å². The highest BCUT2D eigenvalue weighted by Gasteiger charge is 2.02. The first-order chi connectivity index (χ1) is 6.77. The third-order valence-electron chi connectivity index (χ3n) is 2.43. The number of aryl methyl sites for hydroxylation is 3. The maximum absolute atomic E-state index is 4.42. The minimum absolute atomic E-state index is 1.03. The SMILES string of the molecule is CCNCCCc1cc(CC)nn1C. The van der Waals surface area contributed by atoms with Crippen LogP contribution in [0, 0.1) is 0 Å². The van der Waals surface area contributed by atoms with Crippen LogP contribution in [0.1, 0.15) is 31.7 Å². The average molecular weight is 195 g/mol. The lowest BCUT2D eigenvalue weighted by molar-refractivity contribution is 0.635. The molecule has 3 nitrogen and oxygen atoms in total. The highest BCUT2D eigenvalue weighted by molar-refractivity contribution is 5.10. The van der Waals surface area contributed by atoms with Crippen molar-refractivity contribution in [1.82, 2.24) is 15.1 Å². The van der Waals surface area contributed by atoms with Gasteiger partial charge in [0.2, 0.25) is 0 Å². The molecule has 0 aromatic carbocycles. The van der Waals surface area contributed by atoms with Crippen LogP contribution in [-0.2, 0) is 19.9 Å². The molecule has 0 bridgehead atoms. The highest BCUT2D eigenvalue weighted by atomic mass is 15.3. The molecule has 0 atom stereocenters. The molecule has 0 aliphatic rings. The maximum Gasteiger partial charge on any atom is 0.0624 e. The number of nitrogens with one attached hydrogen (secondary N) is 1. The van der Waals surface area contributed by atoms with Crippen LogP contribution in [0.15, 0.2) is 6.07 Å². The van der Waals surface area contributed by atoms with Crippen molar-refractivity contribution in [3.05, 3.63) is 17.5 Å². The van der Waals surface area contributed by atoms with E-state index in [0.29, 0.717) is 0 Å². The van der Waals surface area contributed by atoms with Gasteiger partial charge in [0, 0.05) is 12.7 Å². The molecule has 80 valence electrons. The lowest BCUT2D eigenvalue weighted by atomic mass is 10.2. The van der Waals surface area contributed by atoms with Gasteiger partial charge in [-0.2, -0.15) is 5.10 Å². The largest absolute Gasteiger partial charge is 0.317 e. The number of hydrogen-bond acceptors (Lipinski definition) is 2. The molecule has 0 amide bonds. The molecular formula is C11H21N3. The maximum atomic E-state index is 4.42. The standard InChI is InChI=1S/C11H21N3/c1-4-10-9-11(14(3)13-10)7-6-8-12-5-2/h9,12H,4-8H2,1-3H3. The summed E-state index contributed by atoms with van der Waals surface area (Å²) < 4.78 is 2.00. The molecule has 14 heavy (non-hydrogen) atoms. The molecule has 1 heterocycles. The van der Waals surface area contributed by atoms with Gasteiger partial charge in [0.25, 0.3) is 0 Å². The van der Waals surface area contributed by atoms with Crippen LogP contribution < -0.4 is 5.32 Å². The first-order valence-corrected chi connectivity index (χ1v) is 5.50. The van der Waals surface area contributed by atoms with Crippen molar-refractivity contribution in [3.8, 4) is 0 Å². The highest BCUT2D eigenvalue weighted by Crippen LogP contribution is 2.05. The Labute approximate surface area is 86.5 Å². The molecule has 0 saturated heterocycles. The fourth-order valence-corrected chi connectivity index (χ4v) is 1.55. The molecule has 0 radical (unpaired) electrons. The van der Waals surface area contributed by atoms with Crippen LogP contribution in [0.3, 0.4) is 0 Å². The summed E-state index contributed by atoms with van der Waals surface area (Å²) in [5, 5.41) is 7.75. The summed E-state index contributed by atoms with van der Waals surface area (Å²) in [6.45, 7) is 6.44. The molecule has 0 unspecified atom stereocenters. The van der Waals surface area contributed by atoms with Crippen molar-refractivity contribution < 1.29 is 0 Å². The Balaban J connectivity index is 2.38. The van der Waals surface area contributed by atoms with Gasteiger partial charge in [-0.1, -0.05) is 13.8 Å². The molecule has 0 aliphatic heterocycles. The summed E-state index contributed by atoms with van der Waals surface area (Å²) in [4.78, 5) is 0. The van der Waals surface area contributed by atoms with E-state index in [1.165, 1.54) is 17.8 Å². The number of nitrogens with zero attached hydrogens (tertiary/aromatic N) is 2. The minimum atomic E-state index is 1.03. The minimum Gasteiger partial charge on any atom is -0.317 e. The second kappa shape index (κ2) is 5.81.